The lowest BCUT2D eigenvalue weighted by atomic mass is 10.1. The van der Waals surface area contributed by atoms with Crippen molar-refractivity contribution in [1.29, 1.82) is 0 Å². The van der Waals surface area contributed by atoms with Gasteiger partial charge in [-0.15, -0.1) is 0 Å². The molecule has 0 bridgehead atoms. The normalized spacial score (nSPS) is 14.6. The number of nitrogens with zero attached hydrogens (tertiary/aromatic N) is 1. The van der Waals surface area contributed by atoms with Gasteiger partial charge in [-0.1, -0.05) is 35.4 Å². The van der Waals surface area contributed by atoms with Crippen molar-refractivity contribution < 1.29 is 13.2 Å². The number of aryl methyl sites for hydroxylation is 2. The lowest BCUT2D eigenvalue weighted by Gasteiger charge is -2.19. The fourth-order valence-corrected chi connectivity index (χ4v) is 4.58. The average Bonchev–Trinajstić information content (AvgIpc) is 3.59. The number of benzene rings is 2. The van der Waals surface area contributed by atoms with Gasteiger partial charge in [0.25, 0.3) is 15.9 Å². The van der Waals surface area contributed by atoms with Crippen LogP contribution in [-0.4, -0.2) is 19.3 Å². The third kappa shape index (κ3) is 4.94. The summed E-state index contributed by atoms with van der Waals surface area (Å²) in [6, 6.07) is 17.1. The fraction of sp³-hybridized carbons (Fsp3) is 0.250. The van der Waals surface area contributed by atoms with Crippen molar-refractivity contribution in [3.63, 3.8) is 0 Å². The Morgan fingerprint density at radius 1 is 1.00 bits per heavy atom. The molecule has 0 aliphatic heterocycles. The van der Waals surface area contributed by atoms with E-state index in [-0.39, 0.29) is 28.1 Å². The van der Waals surface area contributed by atoms with Crippen LogP contribution in [0, 0.1) is 19.8 Å². The molecule has 7 heteroatoms. The molecular formula is C24H25N3O3S. The Hall–Kier alpha value is -3.19. The van der Waals surface area contributed by atoms with Gasteiger partial charge in [-0.3, -0.25) is 14.5 Å². The summed E-state index contributed by atoms with van der Waals surface area (Å²) in [5.41, 5.74) is 3.18. The van der Waals surface area contributed by atoms with E-state index in [9.17, 15) is 13.2 Å². The molecule has 4 rings (SSSR count). The molecule has 1 aliphatic carbocycles. The van der Waals surface area contributed by atoms with Crippen LogP contribution in [0.25, 0.3) is 0 Å². The largest absolute Gasteiger partial charge is 0.343 e. The van der Waals surface area contributed by atoms with Crippen LogP contribution in [0.3, 0.4) is 0 Å². The number of carbonyl (C=O) groups excluding carboxylic acids is 1. The highest BCUT2D eigenvalue weighted by Crippen LogP contribution is 2.40. The Bertz CT molecular complexity index is 1190. The highest BCUT2D eigenvalue weighted by Gasteiger charge is 2.35. The number of amides is 1. The van der Waals surface area contributed by atoms with Crippen LogP contribution < -0.4 is 10.0 Å². The maximum Gasteiger partial charge on any atom is 0.261 e. The molecule has 1 aliphatic rings. The van der Waals surface area contributed by atoms with Crippen LogP contribution in [0.4, 0.5) is 5.69 Å². The Morgan fingerprint density at radius 2 is 1.71 bits per heavy atom. The van der Waals surface area contributed by atoms with Gasteiger partial charge < -0.3 is 5.32 Å². The molecule has 2 N–H and O–H groups in total. The van der Waals surface area contributed by atoms with Gasteiger partial charge >= 0.3 is 0 Å². The van der Waals surface area contributed by atoms with Crippen molar-refractivity contribution in [2.45, 2.75) is 37.6 Å². The summed E-state index contributed by atoms with van der Waals surface area (Å²) in [6.07, 6.45) is 3.77. The highest BCUT2D eigenvalue weighted by atomic mass is 32.2. The average molecular weight is 436 g/mol. The number of hydrogen-bond acceptors (Lipinski definition) is 4. The van der Waals surface area contributed by atoms with Crippen molar-refractivity contribution in [1.82, 2.24) is 10.3 Å². The summed E-state index contributed by atoms with van der Waals surface area (Å²) >= 11 is 0. The number of pyridine rings is 1. The topological polar surface area (TPSA) is 88.2 Å². The number of rotatable bonds is 7. The van der Waals surface area contributed by atoms with Crippen molar-refractivity contribution in [2.24, 2.45) is 5.92 Å². The Balaban J connectivity index is 1.62. The first-order valence-corrected chi connectivity index (χ1v) is 11.7. The van der Waals surface area contributed by atoms with E-state index in [1.807, 2.05) is 32.0 Å². The third-order valence-corrected chi connectivity index (χ3v) is 6.76. The quantitative estimate of drug-likeness (QED) is 0.576. The molecule has 1 saturated carbocycles. The maximum atomic E-state index is 13.2. The Labute approximate surface area is 182 Å². The standard InChI is InChI=1S/C24H25N3O3S/c1-16-6-11-19(12-7-16)31(29,30)27-21-13-8-17(2)15-20(21)24(28)26-23(18-9-10-18)22-5-3-4-14-25-22/h3-8,11-15,18,23,27H,9-10H2,1-2H3,(H,26,28). The first-order chi connectivity index (χ1) is 14.8. The smallest absolute Gasteiger partial charge is 0.261 e. The van der Waals surface area contributed by atoms with Gasteiger partial charge in [0.05, 0.1) is 27.9 Å². The van der Waals surface area contributed by atoms with Crippen LogP contribution in [0.1, 0.15) is 46.1 Å². The minimum atomic E-state index is -3.83. The third-order valence-electron chi connectivity index (χ3n) is 5.38. The lowest BCUT2D eigenvalue weighted by molar-refractivity contribution is 0.0931. The lowest BCUT2D eigenvalue weighted by Crippen LogP contribution is -2.31. The van der Waals surface area contributed by atoms with E-state index in [4.69, 9.17) is 0 Å². The molecule has 6 nitrogen and oxygen atoms in total. The van der Waals surface area contributed by atoms with Crippen molar-refractivity contribution in [3.05, 3.63) is 89.2 Å². The molecule has 1 heterocycles. The number of anilines is 1. The molecule has 3 aromatic rings. The molecule has 1 fully saturated rings. The first-order valence-electron chi connectivity index (χ1n) is 10.3. The van der Waals surface area contributed by atoms with Crippen molar-refractivity contribution in [2.75, 3.05) is 4.72 Å². The highest BCUT2D eigenvalue weighted by molar-refractivity contribution is 7.92. The van der Waals surface area contributed by atoms with Crippen LogP contribution in [0.15, 0.2) is 71.8 Å². The predicted molar refractivity (Wildman–Crippen MR) is 120 cm³/mol. The molecule has 0 saturated heterocycles. The van der Waals surface area contributed by atoms with E-state index in [2.05, 4.69) is 15.0 Å². The van der Waals surface area contributed by atoms with E-state index >= 15 is 0 Å². The summed E-state index contributed by atoms with van der Waals surface area (Å²) in [5.74, 6) is 0.0178. The van der Waals surface area contributed by atoms with Gasteiger partial charge in [0, 0.05) is 6.20 Å². The van der Waals surface area contributed by atoms with E-state index in [0.717, 1.165) is 29.7 Å². The summed E-state index contributed by atoms with van der Waals surface area (Å²) in [4.78, 5) is 17.8. The van der Waals surface area contributed by atoms with Gasteiger partial charge in [-0.2, -0.15) is 0 Å². The predicted octanol–water partition coefficient (Wildman–Crippen LogP) is 4.38. The van der Waals surface area contributed by atoms with Gasteiger partial charge in [0.15, 0.2) is 0 Å². The molecule has 1 atom stereocenters. The SMILES string of the molecule is Cc1ccc(S(=O)(=O)Nc2ccc(C)cc2C(=O)NC(c2ccccn2)C2CC2)cc1. The van der Waals surface area contributed by atoms with Crippen LogP contribution in [0.2, 0.25) is 0 Å². The Morgan fingerprint density at radius 3 is 2.35 bits per heavy atom. The minimum Gasteiger partial charge on any atom is -0.343 e. The van der Waals surface area contributed by atoms with Crippen LogP contribution in [0.5, 0.6) is 0 Å². The van der Waals surface area contributed by atoms with Gasteiger partial charge in [-0.05, 0) is 69.0 Å². The van der Waals surface area contributed by atoms with E-state index < -0.39 is 10.0 Å². The van der Waals surface area contributed by atoms with E-state index in [0.29, 0.717) is 5.92 Å². The van der Waals surface area contributed by atoms with E-state index in [1.165, 1.54) is 0 Å². The number of hydrogen-bond donors (Lipinski definition) is 2. The molecule has 1 unspecified atom stereocenters. The van der Waals surface area contributed by atoms with Crippen LogP contribution >= 0.6 is 0 Å². The molecular weight excluding hydrogens is 410 g/mol. The van der Waals surface area contributed by atoms with Crippen molar-refractivity contribution in [3.8, 4) is 0 Å². The van der Waals surface area contributed by atoms with Gasteiger partial charge in [-0.25, -0.2) is 8.42 Å². The second-order valence-corrected chi connectivity index (χ2v) is 9.69. The van der Waals surface area contributed by atoms with Gasteiger partial charge in [0.2, 0.25) is 0 Å². The number of carbonyl (C=O) groups is 1. The zero-order valence-electron chi connectivity index (χ0n) is 17.5. The fourth-order valence-electron chi connectivity index (χ4n) is 3.50. The molecule has 1 amide bonds. The summed E-state index contributed by atoms with van der Waals surface area (Å²) < 4.78 is 28.3. The van der Waals surface area contributed by atoms with Crippen LogP contribution in [-0.2, 0) is 10.0 Å². The second-order valence-electron chi connectivity index (χ2n) is 8.01. The zero-order valence-corrected chi connectivity index (χ0v) is 18.3. The second kappa shape index (κ2) is 8.51. The molecule has 160 valence electrons. The molecule has 1 aromatic heterocycles. The summed E-state index contributed by atoms with van der Waals surface area (Å²) in [6.45, 7) is 3.76. The Kier molecular flexibility index (Phi) is 5.78. The molecule has 2 aromatic carbocycles. The molecule has 31 heavy (non-hydrogen) atoms. The summed E-state index contributed by atoms with van der Waals surface area (Å²) in [5, 5.41) is 3.08. The van der Waals surface area contributed by atoms with Gasteiger partial charge in [0.1, 0.15) is 0 Å². The molecule has 0 radical (unpaired) electrons. The van der Waals surface area contributed by atoms with Crippen molar-refractivity contribution >= 4 is 21.6 Å². The number of sulfonamides is 1. The summed E-state index contributed by atoms with van der Waals surface area (Å²) in [7, 11) is -3.83. The first kappa shape index (κ1) is 21.1. The number of nitrogens with one attached hydrogen (secondary N) is 2. The zero-order chi connectivity index (χ0) is 22.0. The van der Waals surface area contributed by atoms with E-state index in [1.54, 1.807) is 48.7 Å². The maximum absolute atomic E-state index is 13.2. The molecule has 0 spiro atoms. The monoisotopic (exact) mass is 435 g/mol. The minimum absolute atomic E-state index is 0.148. The number of aromatic nitrogens is 1.